The van der Waals surface area contributed by atoms with E-state index in [1.165, 1.54) is 19.3 Å². The first-order valence-corrected chi connectivity index (χ1v) is 10.8. The van der Waals surface area contributed by atoms with Gasteiger partial charge >= 0.3 is 5.97 Å². The first-order valence-electron chi connectivity index (χ1n) is 10.0. The number of esters is 1. The van der Waals surface area contributed by atoms with Gasteiger partial charge in [-0.15, -0.1) is 0 Å². The highest BCUT2D eigenvalue weighted by Crippen LogP contribution is 2.42. The number of carbonyl (C=O) groups is 2. The summed E-state index contributed by atoms with van der Waals surface area (Å²) in [5, 5.41) is 2.79. The molecular weight excluding hydrogens is 438 g/mol. The molecule has 1 fully saturated rings. The van der Waals surface area contributed by atoms with Gasteiger partial charge in [-0.25, -0.2) is 4.79 Å². The fourth-order valence-electron chi connectivity index (χ4n) is 4.20. The summed E-state index contributed by atoms with van der Waals surface area (Å²) in [6.45, 7) is 2.18. The Morgan fingerprint density at radius 1 is 1.14 bits per heavy atom. The van der Waals surface area contributed by atoms with E-state index in [0.29, 0.717) is 35.3 Å². The van der Waals surface area contributed by atoms with Crippen LogP contribution >= 0.6 is 15.9 Å². The van der Waals surface area contributed by atoms with Gasteiger partial charge < -0.3 is 19.5 Å². The fraction of sp³-hybridized carbons (Fsp3) is 0.545. The Bertz CT molecular complexity index is 814. The summed E-state index contributed by atoms with van der Waals surface area (Å²) in [6, 6.07) is 3.61. The number of carbonyl (C=O) groups excluding carboxylic acids is 2. The minimum atomic E-state index is -0.420. The number of benzene rings is 1. The van der Waals surface area contributed by atoms with Crippen molar-refractivity contribution in [3.8, 4) is 11.5 Å². The largest absolute Gasteiger partial charge is 0.493 e. The normalized spacial score (nSPS) is 20.3. The number of ether oxygens (including phenoxy) is 3. The molecule has 1 aromatic rings. The van der Waals surface area contributed by atoms with E-state index in [1.807, 2.05) is 6.07 Å². The van der Waals surface area contributed by atoms with E-state index in [4.69, 9.17) is 14.2 Å². The van der Waals surface area contributed by atoms with Crippen molar-refractivity contribution in [3.05, 3.63) is 33.4 Å². The van der Waals surface area contributed by atoms with Crippen LogP contribution in [0.2, 0.25) is 0 Å². The average molecular weight is 466 g/mol. The van der Waals surface area contributed by atoms with Crippen LogP contribution in [0.4, 0.5) is 0 Å². The second-order valence-electron chi connectivity index (χ2n) is 7.67. The quantitative estimate of drug-likeness (QED) is 0.627. The molecule has 3 rings (SSSR count). The van der Waals surface area contributed by atoms with Crippen molar-refractivity contribution in [1.29, 1.82) is 0 Å². The lowest BCUT2D eigenvalue weighted by atomic mass is 9.84. The van der Waals surface area contributed by atoms with Gasteiger partial charge in [0.25, 0.3) is 0 Å². The summed E-state index contributed by atoms with van der Waals surface area (Å²) in [6.07, 6.45) is 6.03. The maximum absolute atomic E-state index is 13.0. The molecule has 1 aliphatic heterocycles. The van der Waals surface area contributed by atoms with Crippen molar-refractivity contribution >= 4 is 27.8 Å². The molecule has 0 aromatic heterocycles. The van der Waals surface area contributed by atoms with Crippen molar-refractivity contribution in [2.24, 2.45) is 5.92 Å². The van der Waals surface area contributed by atoms with Gasteiger partial charge in [-0.1, -0.05) is 35.2 Å². The van der Waals surface area contributed by atoms with Crippen LogP contribution in [0.25, 0.3) is 0 Å². The first kappa shape index (κ1) is 21.7. The van der Waals surface area contributed by atoms with Gasteiger partial charge in [0.1, 0.15) is 0 Å². The predicted octanol–water partition coefficient (Wildman–Crippen LogP) is 4.47. The summed E-state index contributed by atoms with van der Waals surface area (Å²) in [7, 11) is 3.12. The van der Waals surface area contributed by atoms with E-state index in [0.717, 1.165) is 22.9 Å². The molecule has 29 heavy (non-hydrogen) atoms. The third-order valence-corrected chi connectivity index (χ3v) is 6.43. The van der Waals surface area contributed by atoms with Crippen molar-refractivity contribution < 1.29 is 23.8 Å². The zero-order valence-electron chi connectivity index (χ0n) is 17.2. The van der Waals surface area contributed by atoms with Gasteiger partial charge in [0.05, 0.1) is 26.4 Å². The van der Waals surface area contributed by atoms with E-state index in [9.17, 15) is 9.59 Å². The predicted molar refractivity (Wildman–Crippen MR) is 113 cm³/mol. The average Bonchev–Trinajstić information content (AvgIpc) is 2.72. The monoisotopic (exact) mass is 465 g/mol. The van der Waals surface area contributed by atoms with Gasteiger partial charge in [0.2, 0.25) is 5.91 Å². The molecule has 158 valence electrons. The Kier molecular flexibility index (Phi) is 7.22. The van der Waals surface area contributed by atoms with E-state index >= 15 is 0 Å². The van der Waals surface area contributed by atoms with Crippen LogP contribution in [0, 0.1) is 5.92 Å². The van der Waals surface area contributed by atoms with Crippen LogP contribution in [0.1, 0.15) is 56.9 Å². The van der Waals surface area contributed by atoms with Crippen LogP contribution in [-0.4, -0.2) is 32.7 Å². The highest BCUT2D eigenvalue weighted by Gasteiger charge is 2.35. The Labute approximate surface area is 180 Å². The lowest BCUT2D eigenvalue weighted by Gasteiger charge is -2.28. The molecule has 0 bridgehead atoms. The number of methoxy groups -OCH3 is 2. The molecular formula is C22H28BrNO5. The molecule has 0 radical (unpaired) electrons. The molecule has 1 saturated carbocycles. The standard InChI is InChI=1S/C22H28BrNO5/c1-13-21(22(26)29-12-14-7-5-4-6-8-14)16(10-20(25)24-13)15-9-18(27-2)19(28-3)11-17(15)23/h9,11,14,16H,4-8,10,12H2,1-3H3,(H,24,25). The Balaban J connectivity index is 1.88. The zero-order chi connectivity index (χ0) is 21.0. The van der Waals surface area contributed by atoms with Crippen LogP contribution in [0.5, 0.6) is 11.5 Å². The summed E-state index contributed by atoms with van der Waals surface area (Å²) in [4.78, 5) is 25.3. The smallest absolute Gasteiger partial charge is 0.336 e. The molecule has 1 aromatic carbocycles. The minimum absolute atomic E-state index is 0.127. The molecule has 1 aliphatic carbocycles. The molecule has 6 nitrogen and oxygen atoms in total. The van der Waals surface area contributed by atoms with Crippen molar-refractivity contribution in [3.63, 3.8) is 0 Å². The van der Waals surface area contributed by atoms with Crippen LogP contribution in [0.15, 0.2) is 27.9 Å². The Morgan fingerprint density at radius 3 is 2.45 bits per heavy atom. The molecule has 7 heteroatoms. The maximum atomic E-state index is 13.0. The van der Waals surface area contributed by atoms with E-state index < -0.39 is 5.92 Å². The van der Waals surface area contributed by atoms with E-state index in [1.54, 1.807) is 27.2 Å². The van der Waals surface area contributed by atoms with Crippen LogP contribution < -0.4 is 14.8 Å². The van der Waals surface area contributed by atoms with Crippen molar-refractivity contribution in [2.75, 3.05) is 20.8 Å². The molecule has 1 heterocycles. The molecule has 1 unspecified atom stereocenters. The number of allylic oxidation sites excluding steroid dienone is 1. The van der Waals surface area contributed by atoms with E-state index in [2.05, 4.69) is 21.2 Å². The lowest BCUT2D eigenvalue weighted by Crippen LogP contribution is -2.34. The van der Waals surface area contributed by atoms with Gasteiger partial charge in [0, 0.05) is 22.5 Å². The summed E-state index contributed by atoms with van der Waals surface area (Å²) >= 11 is 3.56. The van der Waals surface area contributed by atoms with Gasteiger partial charge in [-0.3, -0.25) is 4.79 Å². The SMILES string of the molecule is COc1cc(Br)c(C2CC(=O)NC(C)=C2C(=O)OCC2CCCCC2)cc1OC. The highest BCUT2D eigenvalue weighted by molar-refractivity contribution is 9.10. The van der Waals surface area contributed by atoms with Gasteiger partial charge in [-0.05, 0) is 43.4 Å². The topological polar surface area (TPSA) is 73.9 Å². The number of rotatable bonds is 6. The zero-order valence-corrected chi connectivity index (χ0v) is 18.8. The first-order chi connectivity index (χ1) is 13.9. The molecule has 0 spiro atoms. The van der Waals surface area contributed by atoms with Crippen molar-refractivity contribution in [1.82, 2.24) is 5.32 Å². The van der Waals surface area contributed by atoms with Crippen LogP contribution in [0.3, 0.4) is 0 Å². The van der Waals surface area contributed by atoms with Gasteiger partial charge in [0.15, 0.2) is 11.5 Å². The number of nitrogens with one attached hydrogen (secondary N) is 1. The number of amides is 1. The number of hydrogen-bond donors (Lipinski definition) is 1. The summed E-state index contributed by atoms with van der Waals surface area (Å²) in [5.74, 6) is 0.641. The molecule has 1 N–H and O–H groups in total. The molecule has 1 amide bonds. The lowest BCUT2D eigenvalue weighted by molar-refractivity contribution is -0.141. The fourth-order valence-corrected chi connectivity index (χ4v) is 4.80. The summed E-state index contributed by atoms with van der Waals surface area (Å²) in [5.41, 5.74) is 1.83. The van der Waals surface area contributed by atoms with E-state index in [-0.39, 0.29) is 18.3 Å². The summed E-state index contributed by atoms with van der Waals surface area (Å²) < 4.78 is 17.2. The maximum Gasteiger partial charge on any atom is 0.336 e. The van der Waals surface area contributed by atoms with Crippen molar-refractivity contribution in [2.45, 2.75) is 51.4 Å². The molecule has 1 atom stereocenters. The van der Waals surface area contributed by atoms with Crippen LogP contribution in [-0.2, 0) is 14.3 Å². The third-order valence-electron chi connectivity index (χ3n) is 5.74. The molecule has 0 saturated heterocycles. The number of hydrogen-bond acceptors (Lipinski definition) is 5. The minimum Gasteiger partial charge on any atom is -0.493 e. The number of halogens is 1. The second kappa shape index (κ2) is 9.65. The van der Waals surface area contributed by atoms with Gasteiger partial charge in [-0.2, -0.15) is 0 Å². The Morgan fingerprint density at radius 2 is 1.79 bits per heavy atom. The molecule has 2 aliphatic rings. The highest BCUT2D eigenvalue weighted by atomic mass is 79.9. The Hall–Kier alpha value is -2.02. The third kappa shape index (κ3) is 4.94. The second-order valence-corrected chi connectivity index (χ2v) is 8.53.